The van der Waals surface area contributed by atoms with Gasteiger partial charge in [0, 0.05) is 10.7 Å². The first kappa shape index (κ1) is 14.3. The summed E-state index contributed by atoms with van der Waals surface area (Å²) in [6.07, 6.45) is 0. The van der Waals surface area contributed by atoms with Gasteiger partial charge >= 0.3 is 0 Å². The summed E-state index contributed by atoms with van der Waals surface area (Å²) < 4.78 is 5.18. The number of nitrogens with zero attached hydrogens (tertiary/aromatic N) is 1. The van der Waals surface area contributed by atoms with Gasteiger partial charge in [0.1, 0.15) is 11.1 Å². The summed E-state index contributed by atoms with van der Waals surface area (Å²) in [5, 5.41) is 0.855. The molecule has 1 atom stereocenters. The molecule has 1 fully saturated rings. The van der Waals surface area contributed by atoms with Crippen molar-refractivity contribution in [3.8, 4) is 5.75 Å². The maximum atomic E-state index is 11.9. The number of rotatable bonds is 3. The molecule has 3 nitrogen and oxygen atoms in total. The summed E-state index contributed by atoms with van der Waals surface area (Å²) >= 11 is 7.28. The van der Waals surface area contributed by atoms with Gasteiger partial charge < -0.3 is 9.64 Å². The van der Waals surface area contributed by atoms with Crippen LogP contribution in [0, 0.1) is 0 Å². The van der Waals surface area contributed by atoms with Gasteiger partial charge in [0.2, 0.25) is 5.12 Å². The van der Waals surface area contributed by atoms with Crippen molar-refractivity contribution in [2.45, 2.75) is 5.37 Å². The Morgan fingerprint density at radius 1 is 1.14 bits per heavy atom. The van der Waals surface area contributed by atoms with Gasteiger partial charge in [-0.05, 0) is 42.0 Å². The van der Waals surface area contributed by atoms with Crippen LogP contribution in [0.3, 0.4) is 0 Å². The van der Waals surface area contributed by atoms with Gasteiger partial charge in [-0.25, -0.2) is 0 Å². The van der Waals surface area contributed by atoms with Crippen molar-refractivity contribution in [1.82, 2.24) is 0 Å². The van der Waals surface area contributed by atoms with E-state index in [1.165, 1.54) is 11.8 Å². The van der Waals surface area contributed by atoms with E-state index in [2.05, 4.69) is 4.90 Å². The Balaban J connectivity index is 1.91. The second kappa shape index (κ2) is 6.00. The number of halogens is 1. The van der Waals surface area contributed by atoms with Crippen LogP contribution in [0.15, 0.2) is 48.5 Å². The van der Waals surface area contributed by atoms with Gasteiger partial charge in [-0.2, -0.15) is 0 Å². The van der Waals surface area contributed by atoms with Crippen LogP contribution in [0.1, 0.15) is 10.9 Å². The lowest BCUT2D eigenvalue weighted by Crippen LogP contribution is -2.22. The number of ether oxygens (including phenoxy) is 1. The summed E-state index contributed by atoms with van der Waals surface area (Å²) in [4.78, 5) is 14.0. The van der Waals surface area contributed by atoms with Crippen molar-refractivity contribution in [3.05, 3.63) is 59.1 Å². The Morgan fingerprint density at radius 3 is 2.43 bits per heavy atom. The number of carbonyl (C=O) groups is 1. The molecule has 0 aromatic heterocycles. The van der Waals surface area contributed by atoms with E-state index in [0.29, 0.717) is 11.6 Å². The quantitative estimate of drug-likeness (QED) is 0.851. The Bertz CT molecular complexity index is 642. The average molecular weight is 320 g/mol. The molecule has 0 N–H and O–H groups in total. The van der Waals surface area contributed by atoms with Crippen molar-refractivity contribution in [3.63, 3.8) is 0 Å². The molecule has 0 radical (unpaired) electrons. The number of thioether (sulfide) groups is 1. The van der Waals surface area contributed by atoms with Crippen LogP contribution in [-0.2, 0) is 4.79 Å². The molecule has 1 aliphatic heterocycles. The van der Waals surface area contributed by atoms with Crippen molar-refractivity contribution in [2.75, 3.05) is 18.6 Å². The summed E-state index contributed by atoms with van der Waals surface area (Å²) in [6.45, 7) is 0.406. The molecule has 21 heavy (non-hydrogen) atoms. The lowest BCUT2D eigenvalue weighted by atomic mass is 10.2. The van der Waals surface area contributed by atoms with E-state index in [1.807, 2.05) is 48.5 Å². The zero-order chi connectivity index (χ0) is 14.8. The van der Waals surface area contributed by atoms with E-state index in [9.17, 15) is 4.79 Å². The van der Waals surface area contributed by atoms with E-state index >= 15 is 0 Å². The fraction of sp³-hybridized carbons (Fsp3) is 0.188. The highest BCUT2D eigenvalue weighted by atomic mass is 35.5. The second-order valence-electron chi connectivity index (χ2n) is 4.72. The Kier molecular flexibility index (Phi) is 4.08. The standard InChI is InChI=1S/C16H14ClNO2S/c1-20-14-8-2-11(3-9-14)16-18(10-15(19)21-16)13-6-4-12(17)5-7-13/h2-9,16H,10H2,1H3/t16-/m0/s1. The smallest absolute Gasteiger partial charge is 0.210 e. The number of hydrogen-bond acceptors (Lipinski definition) is 4. The van der Waals surface area contributed by atoms with Gasteiger partial charge in [0.25, 0.3) is 0 Å². The fourth-order valence-electron chi connectivity index (χ4n) is 2.32. The van der Waals surface area contributed by atoms with Crippen molar-refractivity contribution < 1.29 is 9.53 Å². The van der Waals surface area contributed by atoms with E-state index in [1.54, 1.807) is 7.11 Å². The number of anilines is 1. The first-order valence-corrected chi connectivity index (χ1v) is 7.79. The highest BCUT2D eigenvalue weighted by Crippen LogP contribution is 2.42. The van der Waals surface area contributed by atoms with Gasteiger partial charge in [-0.15, -0.1) is 0 Å². The maximum absolute atomic E-state index is 11.9. The third kappa shape index (κ3) is 3.01. The van der Waals surface area contributed by atoms with E-state index in [-0.39, 0.29) is 10.5 Å². The molecule has 3 rings (SSSR count). The summed E-state index contributed by atoms with van der Waals surface area (Å²) in [5.41, 5.74) is 2.08. The molecule has 2 aromatic carbocycles. The number of benzene rings is 2. The monoisotopic (exact) mass is 319 g/mol. The molecule has 1 saturated heterocycles. The molecule has 1 aliphatic rings. The highest BCUT2D eigenvalue weighted by molar-refractivity contribution is 8.14. The van der Waals surface area contributed by atoms with Gasteiger partial charge in [0.15, 0.2) is 0 Å². The van der Waals surface area contributed by atoms with E-state index in [4.69, 9.17) is 16.3 Å². The first-order valence-electron chi connectivity index (χ1n) is 6.53. The number of methoxy groups -OCH3 is 1. The Morgan fingerprint density at radius 2 is 1.81 bits per heavy atom. The molecular weight excluding hydrogens is 306 g/mol. The van der Waals surface area contributed by atoms with Crippen LogP contribution in [-0.4, -0.2) is 18.8 Å². The van der Waals surface area contributed by atoms with Crippen LogP contribution in [0.4, 0.5) is 5.69 Å². The third-order valence-electron chi connectivity index (χ3n) is 3.38. The molecule has 5 heteroatoms. The molecule has 108 valence electrons. The zero-order valence-corrected chi connectivity index (χ0v) is 13.0. The van der Waals surface area contributed by atoms with E-state index < -0.39 is 0 Å². The van der Waals surface area contributed by atoms with Crippen LogP contribution < -0.4 is 9.64 Å². The molecule has 2 aromatic rings. The van der Waals surface area contributed by atoms with Gasteiger partial charge in [-0.3, -0.25) is 4.79 Å². The molecule has 0 spiro atoms. The molecular formula is C16H14ClNO2S. The predicted molar refractivity (Wildman–Crippen MR) is 87.1 cm³/mol. The highest BCUT2D eigenvalue weighted by Gasteiger charge is 2.32. The normalized spacial score (nSPS) is 18.1. The molecule has 1 heterocycles. The van der Waals surface area contributed by atoms with Crippen LogP contribution in [0.5, 0.6) is 5.75 Å². The van der Waals surface area contributed by atoms with E-state index in [0.717, 1.165) is 17.0 Å². The minimum Gasteiger partial charge on any atom is -0.497 e. The fourth-order valence-corrected chi connectivity index (χ4v) is 3.53. The van der Waals surface area contributed by atoms with Gasteiger partial charge in [0.05, 0.1) is 13.7 Å². The maximum Gasteiger partial charge on any atom is 0.210 e. The lowest BCUT2D eigenvalue weighted by Gasteiger charge is -2.25. The van der Waals surface area contributed by atoms with Crippen LogP contribution in [0.2, 0.25) is 5.02 Å². The molecule has 0 aliphatic carbocycles. The lowest BCUT2D eigenvalue weighted by molar-refractivity contribution is -0.109. The minimum absolute atomic E-state index is 0.00965. The average Bonchev–Trinajstić information content (AvgIpc) is 2.90. The largest absolute Gasteiger partial charge is 0.497 e. The molecule has 0 amide bonds. The minimum atomic E-state index is -0.00965. The molecule has 0 unspecified atom stereocenters. The first-order chi connectivity index (χ1) is 10.2. The Hall–Kier alpha value is -1.65. The van der Waals surface area contributed by atoms with Crippen molar-refractivity contribution in [1.29, 1.82) is 0 Å². The SMILES string of the molecule is COc1ccc([C@@H]2SC(=O)CN2c2ccc(Cl)cc2)cc1. The van der Waals surface area contributed by atoms with Crippen molar-refractivity contribution in [2.24, 2.45) is 0 Å². The molecule has 0 saturated carbocycles. The summed E-state index contributed by atoms with van der Waals surface area (Å²) in [7, 11) is 1.64. The topological polar surface area (TPSA) is 29.5 Å². The number of carbonyl (C=O) groups excluding carboxylic acids is 1. The third-order valence-corrected chi connectivity index (χ3v) is 4.78. The summed E-state index contributed by atoms with van der Waals surface area (Å²) in [5.74, 6) is 0.811. The number of hydrogen-bond donors (Lipinski definition) is 0. The Labute approximate surface area is 132 Å². The zero-order valence-electron chi connectivity index (χ0n) is 11.5. The predicted octanol–water partition coefficient (Wildman–Crippen LogP) is 4.13. The molecule has 0 bridgehead atoms. The van der Waals surface area contributed by atoms with Crippen LogP contribution >= 0.6 is 23.4 Å². The summed E-state index contributed by atoms with van der Waals surface area (Å²) in [6, 6.07) is 15.4. The second-order valence-corrected chi connectivity index (χ2v) is 6.29. The van der Waals surface area contributed by atoms with Crippen LogP contribution in [0.25, 0.3) is 0 Å². The van der Waals surface area contributed by atoms with Gasteiger partial charge in [-0.1, -0.05) is 35.5 Å². The van der Waals surface area contributed by atoms with Crippen molar-refractivity contribution >= 4 is 34.2 Å².